The van der Waals surface area contributed by atoms with Gasteiger partial charge in [0.1, 0.15) is 5.82 Å². The fraction of sp³-hybridized carbons (Fsp3) is 0.455. The summed E-state index contributed by atoms with van der Waals surface area (Å²) in [7, 11) is 0. The Bertz CT molecular complexity index is 569. The molecule has 1 aliphatic heterocycles. The van der Waals surface area contributed by atoms with Crippen LogP contribution in [0.25, 0.3) is 5.65 Å². The van der Waals surface area contributed by atoms with E-state index in [0.29, 0.717) is 11.5 Å². The van der Waals surface area contributed by atoms with Crippen molar-refractivity contribution in [1.29, 1.82) is 0 Å². The molecule has 7 heteroatoms. The lowest BCUT2D eigenvalue weighted by Gasteiger charge is -2.09. The summed E-state index contributed by atoms with van der Waals surface area (Å²) in [5.74, 6) is 0.726. The second kappa shape index (κ2) is 3.94. The molecule has 1 unspecified atom stereocenters. The lowest BCUT2D eigenvalue weighted by Crippen LogP contribution is -2.11. The van der Waals surface area contributed by atoms with Gasteiger partial charge in [0.15, 0.2) is 5.65 Å². The van der Waals surface area contributed by atoms with Crippen molar-refractivity contribution in [2.45, 2.75) is 18.5 Å². The third-order valence-electron chi connectivity index (χ3n) is 3.18. The van der Waals surface area contributed by atoms with Gasteiger partial charge in [0.2, 0.25) is 0 Å². The van der Waals surface area contributed by atoms with Crippen LogP contribution in [-0.4, -0.2) is 27.7 Å². The highest BCUT2D eigenvalue weighted by molar-refractivity contribution is 5.40. The average molecular weight is 256 g/mol. The second-order valence-electron chi connectivity index (χ2n) is 4.39. The van der Waals surface area contributed by atoms with Crippen LogP contribution in [0.3, 0.4) is 0 Å². The third kappa shape index (κ3) is 1.84. The minimum absolute atomic E-state index is 0.128. The van der Waals surface area contributed by atoms with E-state index < -0.39 is 11.7 Å². The molecule has 1 N–H and O–H groups in total. The molecule has 0 aromatic carbocycles. The van der Waals surface area contributed by atoms with Crippen LogP contribution < -0.4 is 5.32 Å². The highest BCUT2D eigenvalue weighted by Gasteiger charge is 2.31. The Hall–Kier alpha value is -1.63. The number of nitrogens with zero attached hydrogens (tertiary/aromatic N) is 3. The minimum atomic E-state index is -4.34. The van der Waals surface area contributed by atoms with E-state index in [-0.39, 0.29) is 5.92 Å². The molecule has 0 radical (unpaired) electrons. The van der Waals surface area contributed by atoms with Crippen molar-refractivity contribution >= 4 is 5.65 Å². The molecule has 0 spiro atoms. The van der Waals surface area contributed by atoms with Crippen molar-refractivity contribution in [3.05, 3.63) is 29.7 Å². The molecule has 18 heavy (non-hydrogen) atoms. The molecule has 2 aromatic rings. The summed E-state index contributed by atoms with van der Waals surface area (Å²) in [5, 5.41) is 11.1. The Labute approximate surface area is 101 Å². The average Bonchev–Trinajstić information content (AvgIpc) is 2.95. The van der Waals surface area contributed by atoms with E-state index in [9.17, 15) is 13.2 Å². The number of rotatable bonds is 1. The van der Waals surface area contributed by atoms with Crippen molar-refractivity contribution in [3.63, 3.8) is 0 Å². The van der Waals surface area contributed by atoms with Crippen LogP contribution in [0.4, 0.5) is 13.2 Å². The molecule has 0 bridgehead atoms. The summed E-state index contributed by atoms with van der Waals surface area (Å²) in [5.41, 5.74) is -0.230. The van der Waals surface area contributed by atoms with Gasteiger partial charge in [0.05, 0.1) is 5.56 Å². The van der Waals surface area contributed by atoms with Crippen LogP contribution in [0.2, 0.25) is 0 Å². The highest BCUT2D eigenvalue weighted by atomic mass is 19.4. The van der Waals surface area contributed by atoms with Crippen LogP contribution in [0.5, 0.6) is 0 Å². The Morgan fingerprint density at radius 2 is 2.11 bits per heavy atom. The lowest BCUT2D eigenvalue weighted by molar-refractivity contribution is -0.137. The summed E-state index contributed by atoms with van der Waals surface area (Å²) < 4.78 is 39.4. The van der Waals surface area contributed by atoms with Gasteiger partial charge < -0.3 is 5.32 Å². The van der Waals surface area contributed by atoms with Crippen LogP contribution in [0.15, 0.2) is 18.3 Å². The van der Waals surface area contributed by atoms with Gasteiger partial charge >= 0.3 is 6.18 Å². The number of nitrogens with one attached hydrogen (secondary N) is 1. The van der Waals surface area contributed by atoms with E-state index in [1.165, 1.54) is 10.5 Å². The standard InChI is InChI=1S/C11H11F3N4/c12-11(13,14)8-1-2-9-16-17-10(18(9)6-8)7-3-4-15-5-7/h1-2,6-7,15H,3-5H2. The molecule has 1 saturated heterocycles. The molecular weight excluding hydrogens is 245 g/mol. The normalized spacial score (nSPS) is 20.7. The summed E-state index contributed by atoms with van der Waals surface area (Å²) in [6.07, 6.45) is -2.40. The summed E-state index contributed by atoms with van der Waals surface area (Å²) >= 11 is 0. The molecule has 3 rings (SSSR count). The third-order valence-corrected chi connectivity index (χ3v) is 3.18. The van der Waals surface area contributed by atoms with E-state index in [1.54, 1.807) is 0 Å². The largest absolute Gasteiger partial charge is 0.417 e. The van der Waals surface area contributed by atoms with Crippen molar-refractivity contribution in [3.8, 4) is 0 Å². The number of fused-ring (bicyclic) bond motifs is 1. The molecule has 3 heterocycles. The first-order chi connectivity index (χ1) is 8.55. The zero-order chi connectivity index (χ0) is 12.8. The molecule has 1 fully saturated rings. The molecule has 4 nitrogen and oxygen atoms in total. The topological polar surface area (TPSA) is 42.2 Å². The smallest absolute Gasteiger partial charge is 0.316 e. The van der Waals surface area contributed by atoms with E-state index >= 15 is 0 Å². The summed E-state index contributed by atoms with van der Waals surface area (Å²) in [4.78, 5) is 0. The first-order valence-corrected chi connectivity index (χ1v) is 5.68. The van der Waals surface area contributed by atoms with Crippen molar-refractivity contribution in [2.24, 2.45) is 0 Å². The number of hydrogen-bond donors (Lipinski definition) is 1. The molecule has 2 aromatic heterocycles. The maximum absolute atomic E-state index is 12.7. The Morgan fingerprint density at radius 1 is 1.28 bits per heavy atom. The monoisotopic (exact) mass is 256 g/mol. The SMILES string of the molecule is FC(F)(F)c1ccc2nnc(C3CCNC3)n2c1. The van der Waals surface area contributed by atoms with Crippen LogP contribution in [0, 0.1) is 0 Å². The second-order valence-corrected chi connectivity index (χ2v) is 4.39. The summed E-state index contributed by atoms with van der Waals surface area (Å²) in [6.45, 7) is 1.59. The van der Waals surface area contributed by atoms with Gasteiger partial charge in [0.25, 0.3) is 0 Å². The minimum Gasteiger partial charge on any atom is -0.316 e. The zero-order valence-corrected chi connectivity index (χ0v) is 9.41. The Kier molecular flexibility index (Phi) is 2.51. The lowest BCUT2D eigenvalue weighted by atomic mass is 10.1. The molecule has 96 valence electrons. The number of halogens is 3. The molecule has 0 saturated carbocycles. The van der Waals surface area contributed by atoms with Crippen molar-refractivity contribution in [1.82, 2.24) is 19.9 Å². The quantitative estimate of drug-likeness (QED) is 0.846. The number of pyridine rings is 1. The zero-order valence-electron chi connectivity index (χ0n) is 9.41. The molecule has 0 amide bonds. The van der Waals surface area contributed by atoms with Gasteiger partial charge in [-0.3, -0.25) is 4.40 Å². The van der Waals surface area contributed by atoms with Crippen molar-refractivity contribution in [2.75, 3.05) is 13.1 Å². The van der Waals surface area contributed by atoms with Gasteiger partial charge in [-0.15, -0.1) is 10.2 Å². The van der Waals surface area contributed by atoms with Crippen molar-refractivity contribution < 1.29 is 13.2 Å². The first-order valence-electron chi connectivity index (χ1n) is 5.68. The van der Waals surface area contributed by atoms with Gasteiger partial charge in [-0.05, 0) is 25.1 Å². The number of hydrogen-bond acceptors (Lipinski definition) is 3. The van der Waals surface area contributed by atoms with Crippen LogP contribution in [0.1, 0.15) is 23.7 Å². The molecule has 0 aliphatic carbocycles. The van der Waals surface area contributed by atoms with Crippen LogP contribution in [-0.2, 0) is 6.18 Å². The van der Waals surface area contributed by atoms with E-state index in [2.05, 4.69) is 15.5 Å². The highest BCUT2D eigenvalue weighted by Crippen LogP contribution is 2.30. The number of alkyl halides is 3. The maximum Gasteiger partial charge on any atom is 0.417 e. The maximum atomic E-state index is 12.7. The molecule has 1 atom stereocenters. The van der Waals surface area contributed by atoms with E-state index in [4.69, 9.17) is 0 Å². The fourth-order valence-electron chi connectivity index (χ4n) is 2.23. The van der Waals surface area contributed by atoms with Gasteiger partial charge in [-0.2, -0.15) is 13.2 Å². The van der Waals surface area contributed by atoms with Gasteiger partial charge in [0, 0.05) is 18.7 Å². The first kappa shape index (κ1) is 11.5. The molecular formula is C11H11F3N4. The van der Waals surface area contributed by atoms with Crippen LogP contribution >= 0.6 is 0 Å². The van der Waals surface area contributed by atoms with E-state index in [1.807, 2.05) is 0 Å². The predicted octanol–water partition coefficient (Wildman–Crippen LogP) is 1.82. The van der Waals surface area contributed by atoms with Gasteiger partial charge in [-0.1, -0.05) is 0 Å². The number of aromatic nitrogens is 3. The Morgan fingerprint density at radius 3 is 2.78 bits per heavy atom. The Balaban J connectivity index is 2.10. The van der Waals surface area contributed by atoms with E-state index in [0.717, 1.165) is 31.8 Å². The predicted molar refractivity (Wildman–Crippen MR) is 58.2 cm³/mol. The van der Waals surface area contributed by atoms with Gasteiger partial charge in [-0.25, -0.2) is 0 Å². The summed E-state index contributed by atoms with van der Waals surface area (Å²) in [6, 6.07) is 2.38. The fourth-order valence-corrected chi connectivity index (χ4v) is 2.23. The molecule has 1 aliphatic rings.